The first kappa shape index (κ1) is 17.4. The van der Waals surface area contributed by atoms with E-state index in [1.807, 2.05) is 37.3 Å². The number of rotatable bonds is 2. The number of ether oxygens (including phenoxy) is 1. The van der Waals surface area contributed by atoms with Crippen molar-refractivity contribution in [1.82, 2.24) is 16.5 Å². The van der Waals surface area contributed by atoms with Crippen LogP contribution >= 0.6 is 11.3 Å². The van der Waals surface area contributed by atoms with Gasteiger partial charge in [-0.2, -0.15) is 0 Å². The molecule has 0 bridgehead atoms. The van der Waals surface area contributed by atoms with E-state index >= 15 is 0 Å². The van der Waals surface area contributed by atoms with Crippen molar-refractivity contribution < 1.29 is 4.74 Å². The van der Waals surface area contributed by atoms with Gasteiger partial charge in [-0.05, 0) is 65.9 Å². The van der Waals surface area contributed by atoms with Gasteiger partial charge >= 0.3 is 0 Å². The van der Waals surface area contributed by atoms with Gasteiger partial charge in [-0.1, -0.05) is 41.7 Å². The van der Waals surface area contributed by atoms with Gasteiger partial charge in [-0.25, -0.2) is 4.98 Å². The number of aromatic nitrogens is 1. The van der Waals surface area contributed by atoms with Gasteiger partial charge in [-0.3, -0.25) is 5.73 Å². The van der Waals surface area contributed by atoms with Crippen molar-refractivity contribution in [3.05, 3.63) is 71.8 Å². The Morgan fingerprint density at radius 1 is 0.963 bits per heavy atom. The van der Waals surface area contributed by atoms with Gasteiger partial charge < -0.3 is 10.5 Å². The number of hydrogen-bond donors (Lipinski definition) is 0. The van der Waals surface area contributed by atoms with Crippen molar-refractivity contribution in [3.63, 3.8) is 0 Å². The zero-order valence-corrected chi connectivity index (χ0v) is 15.8. The SMILES string of the molecule is CCOc1ccc2nc([NH])sc2c1.[NH]c1ccc2c(c1)Cc1ccccc1-2. The van der Waals surface area contributed by atoms with E-state index in [0.29, 0.717) is 17.4 Å². The molecule has 0 saturated heterocycles. The smallest absolute Gasteiger partial charge is 0.202 e. The minimum Gasteiger partial charge on any atom is -0.494 e. The monoisotopic (exact) mass is 373 g/mol. The highest BCUT2D eigenvalue weighted by Gasteiger charge is 2.17. The summed E-state index contributed by atoms with van der Waals surface area (Å²) in [4.78, 5) is 4.04. The minimum absolute atomic E-state index is 0.351. The van der Waals surface area contributed by atoms with Crippen LogP contribution in [0.25, 0.3) is 21.3 Å². The molecule has 3 aromatic carbocycles. The molecule has 1 aliphatic rings. The topological polar surface area (TPSA) is 69.7 Å². The predicted octanol–water partition coefficient (Wildman–Crippen LogP) is 5.78. The van der Waals surface area contributed by atoms with E-state index in [4.69, 9.17) is 16.2 Å². The molecule has 0 amide bonds. The molecule has 0 atom stereocenters. The van der Waals surface area contributed by atoms with E-state index in [1.165, 1.54) is 33.6 Å². The summed E-state index contributed by atoms with van der Waals surface area (Å²) < 4.78 is 6.35. The van der Waals surface area contributed by atoms with Crippen LogP contribution in [-0.4, -0.2) is 11.6 Å². The van der Waals surface area contributed by atoms with Crippen molar-refractivity contribution in [1.29, 1.82) is 0 Å². The highest BCUT2D eigenvalue weighted by atomic mass is 32.1. The molecule has 5 heteroatoms. The van der Waals surface area contributed by atoms with Crippen LogP contribution in [-0.2, 0) is 6.42 Å². The van der Waals surface area contributed by atoms with Crippen molar-refractivity contribution in [2.45, 2.75) is 13.3 Å². The van der Waals surface area contributed by atoms with Crippen molar-refractivity contribution >= 4 is 32.4 Å². The van der Waals surface area contributed by atoms with Crippen LogP contribution in [0.15, 0.2) is 60.7 Å². The highest BCUT2D eigenvalue weighted by Crippen LogP contribution is 2.37. The number of fused-ring (bicyclic) bond motifs is 4. The Morgan fingerprint density at radius 2 is 1.78 bits per heavy atom. The number of thiazole rings is 1. The van der Waals surface area contributed by atoms with Gasteiger partial charge in [-0.15, -0.1) is 0 Å². The highest BCUT2D eigenvalue weighted by molar-refractivity contribution is 7.21. The van der Waals surface area contributed by atoms with E-state index in [1.54, 1.807) is 0 Å². The Kier molecular flexibility index (Phi) is 4.69. The molecule has 0 spiro atoms. The first-order valence-corrected chi connectivity index (χ1v) is 9.63. The Morgan fingerprint density at radius 3 is 2.63 bits per heavy atom. The molecule has 4 aromatic rings. The maximum Gasteiger partial charge on any atom is 0.202 e. The minimum atomic E-state index is 0.351. The van der Waals surface area contributed by atoms with Gasteiger partial charge in [0, 0.05) is 0 Å². The fourth-order valence-electron chi connectivity index (χ4n) is 3.31. The second kappa shape index (κ2) is 7.29. The van der Waals surface area contributed by atoms with Crippen LogP contribution in [0.4, 0.5) is 10.8 Å². The zero-order valence-electron chi connectivity index (χ0n) is 15.0. The first-order valence-electron chi connectivity index (χ1n) is 8.82. The van der Waals surface area contributed by atoms with E-state index in [0.717, 1.165) is 22.4 Å². The third-order valence-corrected chi connectivity index (χ3v) is 5.30. The average molecular weight is 373 g/mol. The predicted molar refractivity (Wildman–Crippen MR) is 111 cm³/mol. The normalized spacial score (nSPS) is 11.4. The summed E-state index contributed by atoms with van der Waals surface area (Å²) in [5.41, 5.74) is 21.7. The lowest BCUT2D eigenvalue weighted by molar-refractivity contribution is 0.341. The summed E-state index contributed by atoms with van der Waals surface area (Å²) in [6, 6.07) is 20.0. The third kappa shape index (κ3) is 3.59. The average Bonchev–Trinajstić information content (AvgIpc) is 3.20. The van der Waals surface area contributed by atoms with Gasteiger partial charge in [0.2, 0.25) is 5.13 Å². The van der Waals surface area contributed by atoms with Gasteiger partial charge in [0.15, 0.2) is 0 Å². The summed E-state index contributed by atoms with van der Waals surface area (Å²) in [6.45, 7) is 2.62. The van der Waals surface area contributed by atoms with Gasteiger partial charge in [0.1, 0.15) is 5.75 Å². The molecular weight excluding hydrogens is 354 g/mol. The van der Waals surface area contributed by atoms with Crippen molar-refractivity contribution in [2.24, 2.45) is 0 Å². The summed E-state index contributed by atoms with van der Waals surface area (Å²) in [6.07, 6.45) is 0.984. The van der Waals surface area contributed by atoms with Crippen molar-refractivity contribution in [2.75, 3.05) is 6.61 Å². The number of benzene rings is 3. The standard InChI is InChI=1S/C13H10N.C9H9N2OS/c14-11-5-6-13-10(8-11)7-9-3-1-2-4-12(9)13;1-2-12-6-3-4-7-8(5-6)13-9(10)11-7/h1-6,8,14H,7H2;3-5,10H,2H2,1H3. The molecule has 4 nitrogen and oxygen atoms in total. The Hall–Kier alpha value is -3.05. The molecule has 1 aliphatic carbocycles. The summed E-state index contributed by atoms with van der Waals surface area (Å²) in [7, 11) is 0. The van der Waals surface area contributed by atoms with Crippen LogP contribution in [0.1, 0.15) is 18.1 Å². The lowest BCUT2D eigenvalue weighted by Gasteiger charge is -2.00. The number of hydrogen-bond acceptors (Lipinski definition) is 3. The fourth-order valence-corrected chi connectivity index (χ4v) is 4.05. The largest absolute Gasteiger partial charge is 0.494 e. The van der Waals surface area contributed by atoms with Crippen LogP contribution < -0.4 is 16.2 Å². The van der Waals surface area contributed by atoms with Crippen LogP contribution in [0.2, 0.25) is 0 Å². The lowest BCUT2D eigenvalue weighted by Crippen LogP contribution is -1.89. The maximum atomic E-state index is 7.57. The molecule has 0 unspecified atom stereocenters. The van der Waals surface area contributed by atoms with Crippen LogP contribution in [0.5, 0.6) is 5.75 Å². The molecule has 27 heavy (non-hydrogen) atoms. The Labute approximate surface area is 162 Å². The number of nitrogens with one attached hydrogen (secondary N) is 2. The first-order chi connectivity index (χ1) is 13.1. The molecule has 0 fully saturated rings. The second-order valence-electron chi connectivity index (χ2n) is 6.29. The molecule has 1 heterocycles. The van der Waals surface area contributed by atoms with E-state index in [-0.39, 0.29) is 0 Å². The quantitative estimate of drug-likeness (QED) is 0.393. The second-order valence-corrected chi connectivity index (χ2v) is 7.32. The van der Waals surface area contributed by atoms with E-state index in [2.05, 4.69) is 35.3 Å². The molecule has 0 saturated carbocycles. The lowest BCUT2D eigenvalue weighted by atomic mass is 10.1. The Balaban J connectivity index is 0.000000134. The van der Waals surface area contributed by atoms with Crippen LogP contribution in [0, 0.1) is 0 Å². The zero-order chi connectivity index (χ0) is 18.8. The van der Waals surface area contributed by atoms with Gasteiger partial charge in [0.05, 0.1) is 22.5 Å². The molecule has 2 radical (unpaired) electrons. The summed E-state index contributed by atoms with van der Waals surface area (Å²) in [5, 5.41) is 0.351. The van der Waals surface area contributed by atoms with E-state index < -0.39 is 0 Å². The summed E-state index contributed by atoms with van der Waals surface area (Å²) in [5.74, 6) is 0.846. The molecular formula is C22H19N3OS. The molecule has 2 N–H and O–H groups in total. The summed E-state index contributed by atoms with van der Waals surface area (Å²) >= 11 is 1.37. The van der Waals surface area contributed by atoms with Crippen molar-refractivity contribution in [3.8, 4) is 16.9 Å². The molecule has 134 valence electrons. The molecule has 0 aliphatic heterocycles. The Bertz CT molecular complexity index is 1100. The van der Waals surface area contributed by atoms with E-state index in [9.17, 15) is 0 Å². The fraction of sp³-hybridized carbons (Fsp3) is 0.136. The molecule has 5 rings (SSSR count). The maximum absolute atomic E-state index is 7.57. The number of nitrogens with zero attached hydrogens (tertiary/aromatic N) is 1. The van der Waals surface area contributed by atoms with Crippen LogP contribution in [0.3, 0.4) is 0 Å². The molecule has 1 aromatic heterocycles. The van der Waals surface area contributed by atoms with Gasteiger partial charge in [0.25, 0.3) is 0 Å². The third-order valence-electron chi connectivity index (χ3n) is 4.46.